The molecule has 6 rings (SSSR count). The summed E-state index contributed by atoms with van der Waals surface area (Å²) in [5.41, 5.74) is 5.04. The Balaban J connectivity index is 1.17. The Bertz CT molecular complexity index is 1770. The van der Waals surface area contributed by atoms with Crippen molar-refractivity contribution in [1.82, 2.24) is 33.9 Å². The van der Waals surface area contributed by atoms with Gasteiger partial charge >= 0.3 is 6.18 Å². The Hall–Kier alpha value is -4.31. The number of halogens is 6. The van der Waals surface area contributed by atoms with E-state index in [9.17, 15) is 31.5 Å². The topological polar surface area (TPSA) is 127 Å². The first-order chi connectivity index (χ1) is 21.9. The van der Waals surface area contributed by atoms with Gasteiger partial charge in [-0.15, -0.1) is 0 Å². The minimum atomic E-state index is -4.90. The van der Waals surface area contributed by atoms with Gasteiger partial charge in [-0.1, -0.05) is 11.6 Å². The lowest BCUT2D eigenvalue weighted by Crippen LogP contribution is -2.51. The van der Waals surface area contributed by atoms with Crippen LogP contribution in [-0.2, 0) is 17.5 Å². The Morgan fingerprint density at radius 2 is 1.83 bits per heavy atom. The summed E-state index contributed by atoms with van der Waals surface area (Å²) in [6.07, 6.45) is -0.674. The lowest BCUT2D eigenvalue weighted by atomic mass is 10.1. The average molecular weight is 666 g/mol. The van der Waals surface area contributed by atoms with E-state index in [1.807, 2.05) is 0 Å². The lowest BCUT2D eigenvalue weighted by Gasteiger charge is -2.36. The van der Waals surface area contributed by atoms with Crippen LogP contribution in [-0.4, -0.2) is 84.4 Å². The summed E-state index contributed by atoms with van der Waals surface area (Å²) in [4.78, 5) is 38.0. The van der Waals surface area contributed by atoms with E-state index < -0.39 is 30.4 Å². The van der Waals surface area contributed by atoms with Crippen LogP contribution in [0.1, 0.15) is 35.3 Å². The van der Waals surface area contributed by atoms with Gasteiger partial charge in [-0.3, -0.25) is 18.7 Å². The maximum absolute atomic E-state index is 13.7. The number of carbonyl (C=O) groups is 2. The summed E-state index contributed by atoms with van der Waals surface area (Å²) in [6, 6.07) is 4.73. The molecule has 11 nitrogen and oxygen atoms in total. The fourth-order valence-corrected chi connectivity index (χ4v) is 6.22. The van der Waals surface area contributed by atoms with Crippen LogP contribution in [0.2, 0.25) is 5.02 Å². The Kier molecular flexibility index (Phi) is 8.58. The third-order valence-corrected chi connectivity index (χ3v) is 8.54. The molecule has 2 fully saturated rings. The van der Waals surface area contributed by atoms with Crippen LogP contribution in [0.25, 0.3) is 16.9 Å². The molecule has 0 unspecified atom stereocenters. The van der Waals surface area contributed by atoms with E-state index >= 15 is 0 Å². The van der Waals surface area contributed by atoms with Gasteiger partial charge in [-0.2, -0.15) is 18.3 Å². The van der Waals surface area contributed by atoms with E-state index in [1.165, 1.54) is 29.1 Å². The molecule has 46 heavy (non-hydrogen) atoms. The quantitative estimate of drug-likeness (QED) is 0.275. The van der Waals surface area contributed by atoms with Crippen LogP contribution in [0.3, 0.4) is 0 Å². The highest BCUT2D eigenvalue weighted by atomic mass is 35.5. The number of alkyl halides is 5. The fourth-order valence-electron chi connectivity index (χ4n) is 5.96. The molecule has 4 heterocycles. The van der Waals surface area contributed by atoms with Gasteiger partial charge in [0.1, 0.15) is 6.54 Å². The molecule has 17 heteroatoms. The third kappa shape index (κ3) is 6.35. The number of nitrogens with zero attached hydrogens (tertiary/aromatic N) is 7. The summed E-state index contributed by atoms with van der Waals surface area (Å²) < 4.78 is 68.9. The van der Waals surface area contributed by atoms with Crippen LogP contribution in [0, 0.1) is 5.92 Å². The van der Waals surface area contributed by atoms with E-state index in [2.05, 4.69) is 20.4 Å². The normalized spacial score (nSPS) is 19.0. The number of amides is 2. The molecule has 1 saturated carbocycles. The molecule has 1 aliphatic carbocycles. The maximum Gasteiger partial charge on any atom is 0.435 e. The van der Waals surface area contributed by atoms with Crippen LogP contribution in [0.15, 0.2) is 43.0 Å². The average Bonchev–Trinajstić information content (AvgIpc) is 3.75. The number of nitrogens with one attached hydrogen (secondary N) is 1. The molecule has 2 atom stereocenters. The summed E-state index contributed by atoms with van der Waals surface area (Å²) >= 11 is 6.52. The highest BCUT2D eigenvalue weighted by molar-refractivity contribution is 6.34. The standard InChI is InChI=1S/C29H29ClF5N9O2/c30-21-12-18(3-4-19(21)28(46)42-9-7-41(8-10-42)27(45)16-1-2-17(36)11-16)39-25-26-38-13-22(44(26)6-5-37-25)20-14-43(15-23(31)32)40-24(20)29(33,34)35/h3-6,12-14,16-17,23H,1-2,7-11,15,36H2,(H,37,39)/t16-,17-/m1/s1. The smallest absolute Gasteiger partial charge is 0.339 e. The number of rotatable bonds is 7. The van der Waals surface area contributed by atoms with E-state index in [0.29, 0.717) is 43.0 Å². The zero-order valence-corrected chi connectivity index (χ0v) is 25.0. The molecule has 2 amide bonds. The molecule has 1 saturated heterocycles. The first kappa shape index (κ1) is 31.7. The zero-order chi connectivity index (χ0) is 32.7. The van der Waals surface area contributed by atoms with Crippen molar-refractivity contribution < 1.29 is 31.5 Å². The summed E-state index contributed by atoms with van der Waals surface area (Å²) in [5.74, 6) is -0.0850. The number of imidazole rings is 1. The van der Waals surface area contributed by atoms with Crippen molar-refractivity contribution >= 4 is 40.6 Å². The van der Waals surface area contributed by atoms with E-state index in [1.54, 1.807) is 21.9 Å². The van der Waals surface area contributed by atoms with Gasteiger partial charge in [0.25, 0.3) is 12.3 Å². The number of anilines is 2. The van der Waals surface area contributed by atoms with Crippen molar-refractivity contribution in [2.45, 2.75) is 44.5 Å². The highest BCUT2D eigenvalue weighted by Gasteiger charge is 2.39. The molecular weight excluding hydrogens is 637 g/mol. The second-order valence-corrected chi connectivity index (χ2v) is 11.7. The predicted molar refractivity (Wildman–Crippen MR) is 158 cm³/mol. The van der Waals surface area contributed by atoms with E-state index in [0.717, 1.165) is 19.0 Å². The number of piperazine rings is 1. The van der Waals surface area contributed by atoms with Crippen molar-refractivity contribution in [2.24, 2.45) is 11.7 Å². The fraction of sp³-hybridized carbons (Fsp3) is 0.414. The van der Waals surface area contributed by atoms with Crippen molar-refractivity contribution in [1.29, 1.82) is 0 Å². The molecule has 1 aliphatic heterocycles. The van der Waals surface area contributed by atoms with E-state index in [4.69, 9.17) is 17.3 Å². The molecule has 0 bridgehead atoms. The molecule has 2 aliphatic rings. The van der Waals surface area contributed by atoms with Crippen molar-refractivity contribution in [3.05, 3.63) is 59.3 Å². The molecule has 4 aromatic rings. The zero-order valence-electron chi connectivity index (χ0n) is 24.2. The number of hydrogen-bond donors (Lipinski definition) is 2. The van der Waals surface area contributed by atoms with Crippen molar-refractivity contribution in [3.63, 3.8) is 0 Å². The third-order valence-electron chi connectivity index (χ3n) is 8.22. The molecule has 0 spiro atoms. The minimum Gasteiger partial charge on any atom is -0.339 e. The van der Waals surface area contributed by atoms with Crippen LogP contribution in [0.5, 0.6) is 0 Å². The lowest BCUT2D eigenvalue weighted by molar-refractivity contribution is -0.141. The first-order valence-corrected chi connectivity index (χ1v) is 14.9. The van der Waals surface area contributed by atoms with Gasteiger partial charge in [0, 0.05) is 62.4 Å². The number of nitrogens with two attached hydrogens (primary N) is 1. The highest BCUT2D eigenvalue weighted by Crippen LogP contribution is 2.37. The number of carbonyl (C=O) groups excluding carboxylic acids is 2. The Morgan fingerprint density at radius 3 is 2.48 bits per heavy atom. The predicted octanol–water partition coefficient (Wildman–Crippen LogP) is 4.69. The Morgan fingerprint density at radius 1 is 1.09 bits per heavy atom. The van der Waals surface area contributed by atoms with Gasteiger partial charge in [0.2, 0.25) is 5.91 Å². The van der Waals surface area contributed by atoms with Crippen LogP contribution < -0.4 is 11.1 Å². The van der Waals surface area contributed by atoms with Gasteiger partial charge in [-0.05, 0) is 37.5 Å². The van der Waals surface area contributed by atoms with Gasteiger partial charge in [0.05, 0.1) is 28.0 Å². The molecule has 3 aromatic heterocycles. The van der Waals surface area contributed by atoms with Crippen molar-refractivity contribution in [2.75, 3.05) is 31.5 Å². The molecule has 244 valence electrons. The number of aromatic nitrogens is 5. The van der Waals surface area contributed by atoms with Gasteiger partial charge < -0.3 is 20.9 Å². The number of fused-ring (bicyclic) bond motifs is 1. The SMILES string of the molecule is N[C@@H]1CC[C@@H](C(=O)N2CCN(C(=O)c3ccc(Nc4nccn5c(-c6cn(CC(F)F)nc6C(F)(F)F)cnc45)cc3Cl)CC2)C1. The van der Waals surface area contributed by atoms with E-state index in [-0.39, 0.29) is 51.5 Å². The summed E-state index contributed by atoms with van der Waals surface area (Å²) in [6.45, 7) is 0.579. The number of hydrogen-bond acceptors (Lipinski definition) is 7. The van der Waals surface area contributed by atoms with Gasteiger partial charge in [-0.25, -0.2) is 18.7 Å². The van der Waals surface area contributed by atoms with Crippen LogP contribution in [0.4, 0.5) is 33.5 Å². The van der Waals surface area contributed by atoms with Crippen LogP contribution >= 0.6 is 11.6 Å². The molecule has 0 radical (unpaired) electrons. The largest absolute Gasteiger partial charge is 0.435 e. The molecule has 1 aromatic carbocycles. The minimum absolute atomic E-state index is 0.0270. The van der Waals surface area contributed by atoms with Crippen molar-refractivity contribution in [3.8, 4) is 11.3 Å². The number of benzene rings is 1. The molecule has 3 N–H and O–H groups in total. The maximum atomic E-state index is 13.7. The monoisotopic (exact) mass is 665 g/mol. The first-order valence-electron chi connectivity index (χ1n) is 14.5. The molecular formula is C29H29ClF5N9O2. The second kappa shape index (κ2) is 12.5. The Labute approximate surface area is 264 Å². The summed E-state index contributed by atoms with van der Waals surface area (Å²) in [5, 5.41) is 6.52. The summed E-state index contributed by atoms with van der Waals surface area (Å²) in [7, 11) is 0. The second-order valence-electron chi connectivity index (χ2n) is 11.3. The van der Waals surface area contributed by atoms with Gasteiger partial charge in [0.15, 0.2) is 17.2 Å².